The lowest BCUT2D eigenvalue weighted by Gasteiger charge is -2.03. The van der Waals surface area contributed by atoms with Gasteiger partial charge < -0.3 is 18.3 Å². The number of ether oxygens (including phenoxy) is 2. The molecule has 8 nitrogen and oxygen atoms in total. The van der Waals surface area contributed by atoms with Gasteiger partial charge in [0.05, 0.1) is 18.4 Å². The molecule has 0 spiro atoms. The molecule has 0 aliphatic rings. The molecule has 2 heterocycles. The van der Waals surface area contributed by atoms with Crippen molar-refractivity contribution in [2.75, 3.05) is 6.61 Å². The van der Waals surface area contributed by atoms with Gasteiger partial charge in [-0.1, -0.05) is 28.1 Å². The van der Waals surface area contributed by atoms with Gasteiger partial charge in [-0.25, -0.2) is 10.2 Å². The number of hydrazone groups is 1. The molecular weight excluding hydrogens is 516 g/mol. The number of esters is 1. The zero-order valence-electron chi connectivity index (χ0n) is 18.7. The number of carbonyl (C=O) groups is 2. The summed E-state index contributed by atoms with van der Waals surface area (Å²) in [6.07, 6.45) is 1.38. The van der Waals surface area contributed by atoms with Gasteiger partial charge in [-0.3, -0.25) is 4.79 Å². The van der Waals surface area contributed by atoms with Crippen LogP contribution in [0.5, 0.6) is 5.75 Å². The third kappa shape index (κ3) is 6.48. The monoisotopic (exact) mass is 536 g/mol. The first kappa shape index (κ1) is 24.0. The number of furan rings is 2. The molecule has 35 heavy (non-hydrogen) atoms. The van der Waals surface area contributed by atoms with Gasteiger partial charge in [-0.2, -0.15) is 5.10 Å². The Labute approximate surface area is 209 Å². The van der Waals surface area contributed by atoms with Crippen molar-refractivity contribution in [2.24, 2.45) is 5.10 Å². The first-order chi connectivity index (χ1) is 17.0. The molecule has 4 aromatic rings. The minimum absolute atomic E-state index is 0.110. The number of amides is 1. The molecule has 0 bridgehead atoms. The zero-order chi connectivity index (χ0) is 24.6. The molecule has 0 saturated carbocycles. The number of rotatable bonds is 9. The maximum atomic E-state index is 12.3. The highest BCUT2D eigenvalue weighted by Gasteiger charge is 2.12. The summed E-state index contributed by atoms with van der Waals surface area (Å²) in [5.74, 6) is 1.46. The number of halogens is 1. The Hall–Kier alpha value is -4.11. The maximum Gasteiger partial charge on any atom is 0.338 e. The molecule has 4 rings (SSSR count). The van der Waals surface area contributed by atoms with Crippen LogP contribution in [0.3, 0.4) is 0 Å². The summed E-state index contributed by atoms with van der Waals surface area (Å²) >= 11 is 3.37. The molecule has 0 unspecified atom stereocenters. The molecule has 9 heteroatoms. The van der Waals surface area contributed by atoms with Crippen molar-refractivity contribution in [2.45, 2.75) is 13.5 Å². The first-order valence-corrected chi connectivity index (χ1v) is 11.5. The van der Waals surface area contributed by atoms with Crippen LogP contribution in [0.1, 0.15) is 39.4 Å². The third-order valence-electron chi connectivity index (χ3n) is 4.75. The Balaban J connectivity index is 1.29. The average molecular weight is 537 g/mol. The van der Waals surface area contributed by atoms with Crippen LogP contribution in [-0.4, -0.2) is 24.7 Å². The van der Waals surface area contributed by atoms with Crippen LogP contribution in [0.25, 0.3) is 11.3 Å². The highest BCUT2D eigenvalue weighted by atomic mass is 79.9. The number of carbonyl (C=O) groups excluding carboxylic acids is 2. The van der Waals surface area contributed by atoms with Crippen LogP contribution < -0.4 is 10.2 Å². The lowest BCUT2D eigenvalue weighted by molar-refractivity contribution is 0.0526. The summed E-state index contributed by atoms with van der Waals surface area (Å²) in [4.78, 5) is 24.1. The SMILES string of the molecule is CCOC(=O)c1ccc(-c2ccc(C=NNC(=O)c3ccc(COc4ccc(Br)cc4)o3)o2)cc1. The van der Waals surface area contributed by atoms with E-state index in [1.165, 1.54) is 6.21 Å². The van der Waals surface area contributed by atoms with Gasteiger partial charge in [-0.15, -0.1) is 0 Å². The number of benzene rings is 2. The molecule has 0 radical (unpaired) electrons. The second-order valence-electron chi connectivity index (χ2n) is 7.21. The largest absolute Gasteiger partial charge is 0.486 e. The Morgan fingerprint density at radius 3 is 2.49 bits per heavy atom. The second kappa shape index (κ2) is 11.3. The van der Waals surface area contributed by atoms with Crippen molar-refractivity contribution >= 4 is 34.0 Å². The van der Waals surface area contributed by atoms with E-state index in [-0.39, 0.29) is 18.3 Å². The van der Waals surface area contributed by atoms with Crippen LogP contribution in [0.2, 0.25) is 0 Å². The fourth-order valence-corrected chi connectivity index (χ4v) is 3.30. The maximum absolute atomic E-state index is 12.3. The van der Waals surface area contributed by atoms with Gasteiger partial charge in [0.2, 0.25) is 0 Å². The van der Waals surface area contributed by atoms with E-state index in [1.54, 1.807) is 55.5 Å². The quantitative estimate of drug-likeness (QED) is 0.164. The minimum atomic E-state index is -0.502. The van der Waals surface area contributed by atoms with Crippen molar-refractivity contribution in [1.82, 2.24) is 5.43 Å². The molecular formula is C26H21BrN2O6. The summed E-state index contributed by atoms with van der Waals surface area (Å²) in [5.41, 5.74) is 3.65. The Morgan fingerprint density at radius 2 is 1.74 bits per heavy atom. The van der Waals surface area contributed by atoms with E-state index in [0.717, 1.165) is 10.0 Å². The second-order valence-corrected chi connectivity index (χ2v) is 8.12. The smallest absolute Gasteiger partial charge is 0.338 e. The number of hydrogen-bond donors (Lipinski definition) is 1. The number of nitrogens with zero attached hydrogens (tertiary/aromatic N) is 1. The molecule has 0 aliphatic carbocycles. The topological polar surface area (TPSA) is 103 Å². The van der Waals surface area contributed by atoms with E-state index in [4.69, 9.17) is 18.3 Å². The van der Waals surface area contributed by atoms with Gasteiger partial charge in [0.1, 0.15) is 29.6 Å². The Kier molecular flexibility index (Phi) is 7.79. The van der Waals surface area contributed by atoms with Gasteiger partial charge in [-0.05, 0) is 67.6 Å². The van der Waals surface area contributed by atoms with Crippen LogP contribution in [-0.2, 0) is 11.3 Å². The summed E-state index contributed by atoms with van der Waals surface area (Å²) < 4.78 is 22.8. The molecule has 2 aromatic heterocycles. The Bertz CT molecular complexity index is 1320. The molecule has 0 saturated heterocycles. The van der Waals surface area contributed by atoms with Gasteiger partial charge in [0.25, 0.3) is 0 Å². The molecule has 1 N–H and O–H groups in total. The standard InChI is InChI=1S/C26H21BrN2O6/c1-2-32-26(31)18-5-3-17(4-6-18)23-13-11-21(34-23)15-28-29-25(30)24-14-12-22(35-24)16-33-20-9-7-19(27)8-10-20/h3-15H,2,16H2,1H3,(H,29,30). The molecule has 1 amide bonds. The predicted molar refractivity (Wildman–Crippen MR) is 132 cm³/mol. The fourth-order valence-electron chi connectivity index (χ4n) is 3.03. The number of hydrogen-bond acceptors (Lipinski definition) is 7. The molecule has 0 fully saturated rings. The van der Waals surface area contributed by atoms with Crippen molar-refractivity contribution < 1.29 is 27.9 Å². The van der Waals surface area contributed by atoms with E-state index >= 15 is 0 Å². The van der Waals surface area contributed by atoms with Gasteiger partial charge in [0, 0.05) is 10.0 Å². The average Bonchev–Trinajstić information content (AvgIpc) is 3.54. The molecule has 178 valence electrons. The Morgan fingerprint density at radius 1 is 0.971 bits per heavy atom. The van der Waals surface area contributed by atoms with Crippen molar-refractivity contribution in [3.05, 3.63) is 100 Å². The van der Waals surface area contributed by atoms with Crippen LogP contribution >= 0.6 is 15.9 Å². The van der Waals surface area contributed by atoms with Crippen molar-refractivity contribution in [1.29, 1.82) is 0 Å². The van der Waals surface area contributed by atoms with E-state index < -0.39 is 5.91 Å². The van der Waals surface area contributed by atoms with E-state index in [1.807, 2.05) is 24.3 Å². The third-order valence-corrected chi connectivity index (χ3v) is 5.27. The summed E-state index contributed by atoms with van der Waals surface area (Å²) in [6.45, 7) is 2.27. The summed E-state index contributed by atoms with van der Waals surface area (Å²) in [6, 6.07) is 21.0. The van der Waals surface area contributed by atoms with E-state index in [0.29, 0.717) is 35.2 Å². The predicted octanol–water partition coefficient (Wildman–Crippen LogP) is 5.82. The van der Waals surface area contributed by atoms with Crippen LogP contribution in [0.15, 0.2) is 91.2 Å². The highest BCUT2D eigenvalue weighted by Crippen LogP contribution is 2.22. The van der Waals surface area contributed by atoms with Gasteiger partial charge >= 0.3 is 11.9 Å². The summed E-state index contributed by atoms with van der Waals surface area (Å²) in [7, 11) is 0. The first-order valence-electron chi connectivity index (χ1n) is 10.7. The molecule has 0 aliphatic heterocycles. The van der Waals surface area contributed by atoms with E-state index in [2.05, 4.69) is 26.5 Å². The number of nitrogens with one attached hydrogen (secondary N) is 1. The molecule has 0 atom stereocenters. The highest BCUT2D eigenvalue weighted by molar-refractivity contribution is 9.10. The normalized spacial score (nSPS) is 10.9. The van der Waals surface area contributed by atoms with Crippen LogP contribution in [0, 0.1) is 0 Å². The van der Waals surface area contributed by atoms with Crippen LogP contribution in [0.4, 0.5) is 0 Å². The lowest BCUT2D eigenvalue weighted by atomic mass is 10.1. The minimum Gasteiger partial charge on any atom is -0.486 e. The summed E-state index contributed by atoms with van der Waals surface area (Å²) in [5, 5.41) is 3.92. The molecule has 2 aromatic carbocycles. The fraction of sp³-hybridized carbons (Fsp3) is 0.115. The lowest BCUT2D eigenvalue weighted by Crippen LogP contribution is -2.16. The van der Waals surface area contributed by atoms with Crippen molar-refractivity contribution in [3.63, 3.8) is 0 Å². The van der Waals surface area contributed by atoms with Gasteiger partial charge in [0.15, 0.2) is 5.76 Å². The zero-order valence-corrected chi connectivity index (χ0v) is 20.3. The van der Waals surface area contributed by atoms with Crippen molar-refractivity contribution in [3.8, 4) is 17.1 Å². The van der Waals surface area contributed by atoms with E-state index in [9.17, 15) is 9.59 Å².